The summed E-state index contributed by atoms with van der Waals surface area (Å²) in [5, 5.41) is 2.75. The topological polar surface area (TPSA) is 47.0 Å². The lowest BCUT2D eigenvalue weighted by molar-refractivity contribution is -0.141. The van der Waals surface area contributed by atoms with Gasteiger partial charge < -0.3 is 10.1 Å². The number of anilines is 1. The van der Waals surface area contributed by atoms with Gasteiger partial charge in [0.25, 0.3) is 0 Å². The summed E-state index contributed by atoms with van der Waals surface area (Å²) in [4.78, 5) is 7.14. The van der Waals surface area contributed by atoms with Gasteiger partial charge in [0.05, 0.1) is 0 Å². The van der Waals surface area contributed by atoms with Gasteiger partial charge in [0.1, 0.15) is 5.69 Å². The van der Waals surface area contributed by atoms with Gasteiger partial charge in [-0.05, 0) is 18.9 Å². The molecule has 0 bridgehead atoms. The molecule has 0 radical (unpaired) electrons. The lowest BCUT2D eigenvalue weighted by Gasteiger charge is -2.08. The van der Waals surface area contributed by atoms with Crippen molar-refractivity contribution in [2.45, 2.75) is 32.4 Å². The van der Waals surface area contributed by atoms with E-state index >= 15 is 0 Å². The van der Waals surface area contributed by atoms with Crippen LogP contribution >= 0.6 is 0 Å². The Kier molecular flexibility index (Phi) is 6.55. The Morgan fingerprint density at radius 1 is 1.26 bits per heavy atom. The largest absolute Gasteiger partial charge is 0.433 e. The molecule has 1 N–H and O–H groups in total. The second kappa shape index (κ2) is 7.93. The Morgan fingerprint density at radius 2 is 2.00 bits per heavy atom. The molecule has 0 aliphatic heterocycles. The van der Waals surface area contributed by atoms with E-state index in [1.165, 1.54) is 0 Å². The predicted molar refractivity (Wildman–Crippen MR) is 65.9 cm³/mol. The van der Waals surface area contributed by atoms with Crippen molar-refractivity contribution in [3.8, 4) is 0 Å². The lowest BCUT2D eigenvalue weighted by atomic mass is 10.4. The number of rotatable bonds is 8. The Hall–Kier alpha value is -1.37. The van der Waals surface area contributed by atoms with Gasteiger partial charge >= 0.3 is 6.18 Å². The van der Waals surface area contributed by atoms with Crippen LogP contribution in [0, 0.1) is 0 Å². The van der Waals surface area contributed by atoms with Crippen molar-refractivity contribution in [1.82, 2.24) is 9.97 Å². The maximum Gasteiger partial charge on any atom is 0.433 e. The van der Waals surface area contributed by atoms with Gasteiger partial charge in [-0.15, -0.1) is 0 Å². The second-order valence-corrected chi connectivity index (χ2v) is 4.01. The zero-order valence-corrected chi connectivity index (χ0v) is 10.8. The third kappa shape index (κ3) is 6.37. The molecular formula is C12H18F3N3O. The minimum absolute atomic E-state index is 0.0108. The van der Waals surface area contributed by atoms with Crippen LogP contribution in [0.3, 0.4) is 0 Å². The standard InChI is InChI=1S/C12H18F3N3O/c1-2-3-8-19-9-4-6-16-11-17-7-5-10(18-11)12(13,14)15/h5,7H,2-4,6,8-9H2,1H3,(H,16,17,18). The molecule has 0 spiro atoms. The molecule has 0 aromatic carbocycles. The summed E-state index contributed by atoms with van der Waals surface area (Å²) in [6.45, 7) is 3.85. The summed E-state index contributed by atoms with van der Waals surface area (Å²) < 4.78 is 42.5. The summed E-state index contributed by atoms with van der Waals surface area (Å²) in [6.07, 6.45) is -0.553. The normalized spacial score (nSPS) is 11.6. The monoisotopic (exact) mass is 277 g/mol. The van der Waals surface area contributed by atoms with Crippen molar-refractivity contribution in [2.75, 3.05) is 25.1 Å². The van der Waals surface area contributed by atoms with Crippen LogP contribution in [0.1, 0.15) is 31.9 Å². The number of hydrogen-bond donors (Lipinski definition) is 1. The van der Waals surface area contributed by atoms with Gasteiger partial charge in [-0.3, -0.25) is 0 Å². The van der Waals surface area contributed by atoms with E-state index in [0.717, 1.165) is 31.7 Å². The highest BCUT2D eigenvalue weighted by Gasteiger charge is 2.32. The maximum absolute atomic E-state index is 12.4. The fourth-order valence-electron chi connectivity index (χ4n) is 1.32. The molecule has 1 aromatic heterocycles. The predicted octanol–water partition coefficient (Wildman–Crippen LogP) is 3.11. The van der Waals surface area contributed by atoms with E-state index in [1.54, 1.807) is 0 Å². The van der Waals surface area contributed by atoms with Gasteiger partial charge in [-0.1, -0.05) is 13.3 Å². The maximum atomic E-state index is 12.4. The van der Waals surface area contributed by atoms with Crippen molar-refractivity contribution in [1.29, 1.82) is 0 Å². The molecule has 19 heavy (non-hydrogen) atoms. The molecule has 4 nitrogen and oxygen atoms in total. The fraction of sp³-hybridized carbons (Fsp3) is 0.667. The quantitative estimate of drug-likeness (QED) is 0.742. The van der Waals surface area contributed by atoms with E-state index in [2.05, 4.69) is 22.2 Å². The van der Waals surface area contributed by atoms with Crippen LogP contribution in [0.5, 0.6) is 0 Å². The van der Waals surface area contributed by atoms with Crippen LogP contribution in [0.4, 0.5) is 19.1 Å². The Labute approximate surface area is 110 Å². The fourth-order valence-corrected chi connectivity index (χ4v) is 1.32. The van der Waals surface area contributed by atoms with Crippen molar-refractivity contribution in [2.24, 2.45) is 0 Å². The van der Waals surface area contributed by atoms with Crippen LogP contribution < -0.4 is 5.32 Å². The van der Waals surface area contributed by atoms with Crippen molar-refractivity contribution in [3.63, 3.8) is 0 Å². The molecule has 0 unspecified atom stereocenters. The van der Waals surface area contributed by atoms with Crippen molar-refractivity contribution >= 4 is 5.95 Å². The third-order valence-corrected chi connectivity index (χ3v) is 2.34. The summed E-state index contributed by atoms with van der Waals surface area (Å²) >= 11 is 0. The molecule has 1 rings (SSSR count). The van der Waals surface area contributed by atoms with Gasteiger partial charge in [0.15, 0.2) is 0 Å². The van der Waals surface area contributed by atoms with E-state index < -0.39 is 11.9 Å². The van der Waals surface area contributed by atoms with Gasteiger partial charge in [-0.2, -0.15) is 13.2 Å². The summed E-state index contributed by atoms with van der Waals surface area (Å²) in [5.74, 6) is -0.0108. The van der Waals surface area contributed by atoms with Crippen LogP contribution in [-0.4, -0.2) is 29.7 Å². The number of hydrogen-bond acceptors (Lipinski definition) is 4. The van der Waals surface area contributed by atoms with Crippen LogP contribution in [0.15, 0.2) is 12.3 Å². The Morgan fingerprint density at radius 3 is 2.68 bits per heavy atom. The molecule has 0 saturated heterocycles. The summed E-state index contributed by atoms with van der Waals surface area (Å²) in [6, 6.07) is 0.846. The molecular weight excluding hydrogens is 259 g/mol. The molecule has 0 fully saturated rings. The smallest absolute Gasteiger partial charge is 0.381 e. The number of halogens is 3. The van der Waals surface area contributed by atoms with Gasteiger partial charge in [0.2, 0.25) is 5.95 Å². The highest BCUT2D eigenvalue weighted by Crippen LogP contribution is 2.27. The first-order valence-corrected chi connectivity index (χ1v) is 6.26. The number of ether oxygens (including phenoxy) is 1. The van der Waals surface area contributed by atoms with Crippen molar-refractivity contribution < 1.29 is 17.9 Å². The van der Waals surface area contributed by atoms with E-state index in [-0.39, 0.29) is 5.95 Å². The minimum Gasteiger partial charge on any atom is -0.381 e. The lowest BCUT2D eigenvalue weighted by Crippen LogP contribution is -2.13. The molecule has 0 aliphatic carbocycles. The molecule has 108 valence electrons. The highest BCUT2D eigenvalue weighted by atomic mass is 19.4. The first-order chi connectivity index (χ1) is 9.04. The first kappa shape index (κ1) is 15.7. The van der Waals surface area contributed by atoms with E-state index in [1.807, 2.05) is 0 Å². The zero-order chi connectivity index (χ0) is 14.1. The molecule has 1 aromatic rings. The van der Waals surface area contributed by atoms with E-state index in [9.17, 15) is 13.2 Å². The van der Waals surface area contributed by atoms with Crippen molar-refractivity contribution in [3.05, 3.63) is 18.0 Å². The average Bonchev–Trinajstić information content (AvgIpc) is 2.37. The molecule has 7 heteroatoms. The number of aromatic nitrogens is 2. The number of alkyl halides is 3. The van der Waals surface area contributed by atoms with Crippen LogP contribution in [0.2, 0.25) is 0 Å². The Bertz CT molecular complexity index is 371. The van der Waals surface area contributed by atoms with E-state index in [4.69, 9.17) is 4.74 Å². The van der Waals surface area contributed by atoms with Gasteiger partial charge in [0, 0.05) is 26.0 Å². The highest BCUT2D eigenvalue weighted by molar-refractivity contribution is 5.25. The van der Waals surface area contributed by atoms with Crippen LogP contribution in [-0.2, 0) is 10.9 Å². The third-order valence-electron chi connectivity index (χ3n) is 2.34. The molecule has 0 aliphatic rings. The molecule has 0 saturated carbocycles. The first-order valence-electron chi connectivity index (χ1n) is 6.26. The second-order valence-electron chi connectivity index (χ2n) is 4.01. The van der Waals surface area contributed by atoms with Gasteiger partial charge in [-0.25, -0.2) is 9.97 Å². The van der Waals surface area contributed by atoms with Crippen LogP contribution in [0.25, 0.3) is 0 Å². The summed E-state index contributed by atoms with van der Waals surface area (Å²) in [5.41, 5.74) is -0.941. The number of unbranched alkanes of at least 4 members (excludes halogenated alkanes) is 1. The number of nitrogens with zero attached hydrogens (tertiary/aromatic N) is 2. The minimum atomic E-state index is -4.44. The average molecular weight is 277 g/mol. The molecule has 0 amide bonds. The van der Waals surface area contributed by atoms with E-state index in [0.29, 0.717) is 19.6 Å². The summed E-state index contributed by atoms with van der Waals surface area (Å²) in [7, 11) is 0. The Balaban J connectivity index is 2.26. The SMILES string of the molecule is CCCCOCCCNc1nccc(C(F)(F)F)n1. The zero-order valence-electron chi connectivity index (χ0n) is 10.8. The number of nitrogens with one attached hydrogen (secondary N) is 1. The molecule has 0 atom stereocenters. The molecule has 1 heterocycles.